The van der Waals surface area contributed by atoms with Crippen LogP contribution in [0.25, 0.3) is 87.3 Å². The molecule has 1 aliphatic carbocycles. The van der Waals surface area contributed by atoms with Crippen LogP contribution in [0, 0.1) is 0 Å². The van der Waals surface area contributed by atoms with Gasteiger partial charge in [0.05, 0.1) is 11.0 Å². The summed E-state index contributed by atoms with van der Waals surface area (Å²) in [5.74, 6) is 0. The summed E-state index contributed by atoms with van der Waals surface area (Å²) in [5.41, 5.74) is 8.43. The molecule has 0 fully saturated rings. The highest BCUT2D eigenvalue weighted by molar-refractivity contribution is 6.33. The van der Waals surface area contributed by atoms with Crippen LogP contribution in [0.4, 0.5) is 0 Å². The molecule has 0 N–H and O–H groups in total. The lowest BCUT2D eigenvalue weighted by molar-refractivity contribution is 0.669. The van der Waals surface area contributed by atoms with Gasteiger partial charge >= 0.3 is 0 Å². The molecule has 2 heteroatoms. The maximum atomic E-state index is 6.10. The van der Waals surface area contributed by atoms with Gasteiger partial charge in [0.1, 0.15) is 11.2 Å². The van der Waals surface area contributed by atoms with Crippen LogP contribution in [0.5, 0.6) is 0 Å². The van der Waals surface area contributed by atoms with Crippen LogP contribution in [0.3, 0.4) is 0 Å². The van der Waals surface area contributed by atoms with Gasteiger partial charge in [-0.05, 0) is 87.3 Å². The Morgan fingerprint density at radius 3 is 1.93 bits per heavy atom. The summed E-state index contributed by atoms with van der Waals surface area (Å²) >= 11 is 0. The summed E-state index contributed by atoms with van der Waals surface area (Å²) < 4.78 is 8.67. The van der Waals surface area contributed by atoms with E-state index in [0.717, 1.165) is 24.0 Å². The molecule has 2 aromatic heterocycles. The first-order valence-corrected chi connectivity index (χ1v) is 15.4. The third-order valence-corrected chi connectivity index (χ3v) is 9.67. The van der Waals surface area contributed by atoms with Crippen LogP contribution in [0.1, 0.15) is 18.4 Å². The van der Waals surface area contributed by atoms with E-state index in [1.807, 2.05) is 12.1 Å². The molecule has 0 spiro atoms. The van der Waals surface area contributed by atoms with Crippen LogP contribution < -0.4 is 0 Å². The van der Waals surface area contributed by atoms with Gasteiger partial charge in [0, 0.05) is 32.6 Å². The highest BCUT2D eigenvalue weighted by Gasteiger charge is 2.22. The molecule has 44 heavy (non-hydrogen) atoms. The third-order valence-electron chi connectivity index (χ3n) is 9.67. The maximum absolute atomic E-state index is 6.10. The summed E-state index contributed by atoms with van der Waals surface area (Å²) in [6, 6.07) is 46.3. The fraction of sp³-hybridized carbons (Fsp3) is 0.0476. The molecular weight excluding hydrogens is 534 g/mol. The molecule has 1 aliphatic rings. The molecule has 2 heterocycles. The lowest BCUT2D eigenvalue weighted by Crippen LogP contribution is -2.02. The first-order valence-electron chi connectivity index (χ1n) is 15.4. The molecule has 0 saturated heterocycles. The van der Waals surface area contributed by atoms with Crippen molar-refractivity contribution in [2.75, 3.05) is 0 Å². The molecule has 0 aliphatic heterocycles. The van der Waals surface area contributed by atoms with Gasteiger partial charge in [0.15, 0.2) is 0 Å². The fourth-order valence-electron chi connectivity index (χ4n) is 7.64. The van der Waals surface area contributed by atoms with Gasteiger partial charge in [0.25, 0.3) is 0 Å². The van der Waals surface area contributed by atoms with Gasteiger partial charge in [-0.25, -0.2) is 0 Å². The van der Waals surface area contributed by atoms with E-state index in [0.29, 0.717) is 0 Å². The van der Waals surface area contributed by atoms with Gasteiger partial charge in [-0.2, -0.15) is 0 Å². The summed E-state index contributed by atoms with van der Waals surface area (Å²) in [5, 5.41) is 12.8. The Morgan fingerprint density at radius 1 is 0.477 bits per heavy atom. The second-order valence-corrected chi connectivity index (χ2v) is 12.0. The Balaban J connectivity index is 1.25. The van der Waals surface area contributed by atoms with Crippen molar-refractivity contribution in [3.8, 4) is 0 Å². The Hall–Kier alpha value is -5.60. The number of nitrogens with zero attached hydrogens (tertiary/aromatic N) is 1. The normalized spacial score (nSPS) is 14.0. The van der Waals surface area contributed by atoms with Crippen LogP contribution in [0.2, 0.25) is 0 Å². The number of aromatic nitrogens is 1. The smallest absolute Gasteiger partial charge is 0.135 e. The van der Waals surface area contributed by atoms with E-state index in [9.17, 15) is 0 Å². The lowest BCUT2D eigenvalue weighted by Gasteiger charge is -2.19. The first kappa shape index (κ1) is 23.9. The molecule has 0 saturated carbocycles. The van der Waals surface area contributed by atoms with Crippen molar-refractivity contribution >= 4 is 87.3 Å². The van der Waals surface area contributed by atoms with Crippen LogP contribution in [-0.2, 0) is 0 Å². The van der Waals surface area contributed by atoms with Gasteiger partial charge in [-0.1, -0.05) is 103 Å². The zero-order valence-electron chi connectivity index (χ0n) is 24.0. The number of furan rings is 1. The minimum Gasteiger partial charge on any atom is -0.456 e. The minimum atomic E-state index is 0.943. The zero-order chi connectivity index (χ0) is 28.8. The monoisotopic (exact) mass is 561 g/mol. The molecule has 9 aromatic rings. The molecule has 0 amide bonds. The van der Waals surface area contributed by atoms with Gasteiger partial charge in [-0.3, -0.25) is 0 Å². The van der Waals surface area contributed by atoms with Gasteiger partial charge in [-0.15, -0.1) is 0 Å². The molecule has 7 aromatic carbocycles. The van der Waals surface area contributed by atoms with Crippen molar-refractivity contribution in [3.63, 3.8) is 0 Å². The average Bonchev–Trinajstić information content (AvgIpc) is 3.63. The highest BCUT2D eigenvalue weighted by Crippen LogP contribution is 2.45. The molecule has 0 bridgehead atoms. The maximum Gasteiger partial charge on any atom is 0.135 e. The lowest BCUT2D eigenvalue weighted by atomic mass is 9.94. The molecular formula is C42H27NO. The van der Waals surface area contributed by atoms with Crippen LogP contribution >= 0.6 is 0 Å². The Bertz CT molecular complexity index is 2710. The molecule has 0 radical (unpaired) electrons. The number of benzene rings is 7. The number of allylic oxidation sites excluding steroid dienone is 4. The van der Waals surface area contributed by atoms with Crippen molar-refractivity contribution in [1.82, 2.24) is 4.57 Å². The number of para-hydroxylation sites is 1. The van der Waals surface area contributed by atoms with Crippen molar-refractivity contribution < 1.29 is 4.42 Å². The van der Waals surface area contributed by atoms with E-state index in [-0.39, 0.29) is 0 Å². The van der Waals surface area contributed by atoms with Gasteiger partial charge in [0.2, 0.25) is 0 Å². The molecule has 0 atom stereocenters. The zero-order valence-corrected chi connectivity index (χ0v) is 24.0. The molecule has 10 rings (SSSR count). The topological polar surface area (TPSA) is 18.1 Å². The van der Waals surface area contributed by atoms with Crippen molar-refractivity contribution in [1.29, 1.82) is 0 Å². The van der Waals surface area contributed by atoms with Gasteiger partial charge < -0.3 is 8.98 Å². The summed E-state index contributed by atoms with van der Waals surface area (Å²) in [6.07, 6.45) is 6.63. The second-order valence-electron chi connectivity index (χ2n) is 12.0. The van der Waals surface area contributed by atoms with E-state index >= 15 is 0 Å². The van der Waals surface area contributed by atoms with E-state index in [4.69, 9.17) is 4.42 Å². The quantitative estimate of drug-likeness (QED) is 0.192. The fourth-order valence-corrected chi connectivity index (χ4v) is 7.64. The largest absolute Gasteiger partial charge is 0.456 e. The Kier molecular flexibility index (Phi) is 4.86. The highest BCUT2D eigenvalue weighted by atomic mass is 16.3. The summed E-state index contributed by atoms with van der Waals surface area (Å²) in [6.45, 7) is 0. The summed E-state index contributed by atoms with van der Waals surface area (Å²) in [7, 11) is 0. The minimum absolute atomic E-state index is 0.943. The molecule has 206 valence electrons. The molecule has 0 unspecified atom stereocenters. The SMILES string of the molecule is C1=C(c2ccc3oc4ccccc4c3c2)CCC(n2c3cc4ccccc4cc3c3c4ccccc4c4ccccc4c32)=C1. The Labute approximate surface area is 253 Å². The number of hydrogen-bond acceptors (Lipinski definition) is 1. The Morgan fingerprint density at radius 2 is 1.14 bits per heavy atom. The van der Waals surface area contributed by atoms with E-state index in [1.54, 1.807) is 0 Å². The van der Waals surface area contributed by atoms with Crippen molar-refractivity contribution in [3.05, 3.63) is 145 Å². The number of rotatable bonds is 2. The third kappa shape index (κ3) is 3.31. The van der Waals surface area contributed by atoms with Crippen molar-refractivity contribution in [2.45, 2.75) is 12.8 Å². The van der Waals surface area contributed by atoms with E-state index in [2.05, 4.69) is 132 Å². The predicted octanol–water partition coefficient (Wildman–Crippen LogP) is 11.9. The van der Waals surface area contributed by atoms with Crippen molar-refractivity contribution in [2.24, 2.45) is 0 Å². The van der Waals surface area contributed by atoms with Crippen LogP contribution in [0.15, 0.2) is 144 Å². The van der Waals surface area contributed by atoms with E-state index in [1.165, 1.54) is 81.7 Å². The second kappa shape index (κ2) is 8.95. The predicted molar refractivity (Wildman–Crippen MR) is 187 cm³/mol. The molecule has 2 nitrogen and oxygen atoms in total. The average molecular weight is 562 g/mol. The number of hydrogen-bond donors (Lipinski definition) is 0. The number of fused-ring (bicyclic) bond motifs is 12. The standard InChI is InChI=1S/C42H27NO/c1-2-10-28-25-38-37(24-27(28)9-1)41-34-14-5-3-11-31(34)32-12-4-6-15-35(32)42(41)43(38)30-20-17-26(18-21-30)29-19-22-40-36(23-29)33-13-7-8-16-39(33)44-40/h1-17,19-20,22-25H,18,21H2. The van der Waals surface area contributed by atoms with E-state index < -0.39 is 0 Å². The van der Waals surface area contributed by atoms with Crippen LogP contribution in [-0.4, -0.2) is 4.57 Å². The first-order chi connectivity index (χ1) is 21.8. The summed E-state index contributed by atoms with van der Waals surface area (Å²) in [4.78, 5) is 0.